The number of hydrogen-bond donors (Lipinski definition) is 1. The fourth-order valence-corrected chi connectivity index (χ4v) is 5.06. The number of aliphatic imine (C=N–C) groups is 1. The molecule has 0 aliphatic carbocycles. The van der Waals surface area contributed by atoms with Gasteiger partial charge in [-0.15, -0.1) is 0 Å². The molecular formula is C26H24ClN3O3S. The number of hydrogen-bond acceptors (Lipinski definition) is 6. The number of carbonyl (C=O) groups excluding carboxylic acids is 2. The van der Waals surface area contributed by atoms with Gasteiger partial charge in [-0.2, -0.15) is 0 Å². The second kappa shape index (κ2) is 10.8. The Labute approximate surface area is 208 Å². The van der Waals surface area contributed by atoms with Gasteiger partial charge in [-0.05, 0) is 29.5 Å². The zero-order chi connectivity index (χ0) is 24.1. The van der Waals surface area contributed by atoms with E-state index in [0.717, 1.165) is 16.8 Å². The molecule has 0 aromatic heterocycles. The van der Waals surface area contributed by atoms with Gasteiger partial charge < -0.3 is 15.0 Å². The summed E-state index contributed by atoms with van der Waals surface area (Å²) in [4.78, 5) is 32.4. The molecule has 0 spiro atoms. The predicted octanol–water partition coefficient (Wildman–Crippen LogP) is 5.35. The summed E-state index contributed by atoms with van der Waals surface area (Å²) in [6.07, 6.45) is 1.65. The first-order valence-corrected chi connectivity index (χ1v) is 12.0. The fraction of sp³-hybridized carbons (Fsp3) is 0.192. The normalized spacial score (nSPS) is 17.0. The Hall–Kier alpha value is -3.29. The molecule has 1 amide bonds. The lowest BCUT2D eigenvalue weighted by Gasteiger charge is -2.36. The molecule has 4 rings (SSSR count). The molecule has 2 aliphatic rings. The second-order valence-corrected chi connectivity index (χ2v) is 8.98. The molecule has 0 unspecified atom stereocenters. The topological polar surface area (TPSA) is 71.0 Å². The van der Waals surface area contributed by atoms with Gasteiger partial charge in [-0.1, -0.05) is 84.5 Å². The van der Waals surface area contributed by atoms with E-state index in [1.54, 1.807) is 13.0 Å². The van der Waals surface area contributed by atoms with Gasteiger partial charge in [0.15, 0.2) is 5.17 Å². The van der Waals surface area contributed by atoms with Crippen LogP contribution in [-0.2, 0) is 20.9 Å². The number of benzene rings is 2. The molecule has 0 bridgehead atoms. The van der Waals surface area contributed by atoms with Crippen LogP contribution >= 0.6 is 23.4 Å². The van der Waals surface area contributed by atoms with E-state index in [1.807, 2.05) is 58.8 Å². The lowest BCUT2D eigenvalue weighted by Crippen LogP contribution is -2.38. The van der Waals surface area contributed by atoms with Gasteiger partial charge >= 0.3 is 5.97 Å². The van der Waals surface area contributed by atoms with E-state index in [9.17, 15) is 9.59 Å². The van der Waals surface area contributed by atoms with Crippen LogP contribution in [0.2, 0.25) is 5.02 Å². The molecular weight excluding hydrogens is 470 g/mol. The van der Waals surface area contributed by atoms with Gasteiger partial charge in [-0.3, -0.25) is 4.79 Å². The molecule has 2 aromatic rings. The SMILES string of the molecule is C=CCOC(=O)C1=C(C)N=C2SC=C(CC(=O)NCc3ccccc3)N2[C@@H]1c1ccccc1Cl. The summed E-state index contributed by atoms with van der Waals surface area (Å²) in [5, 5.41) is 6.06. The number of esters is 1. The molecule has 2 aromatic carbocycles. The Morgan fingerprint density at radius 2 is 1.94 bits per heavy atom. The van der Waals surface area contributed by atoms with Crippen molar-refractivity contribution in [2.45, 2.75) is 25.9 Å². The highest BCUT2D eigenvalue weighted by Gasteiger charge is 2.41. The second-order valence-electron chi connectivity index (χ2n) is 7.74. The minimum atomic E-state index is -0.568. The van der Waals surface area contributed by atoms with Crippen LogP contribution in [0.15, 0.2) is 94.6 Å². The molecule has 34 heavy (non-hydrogen) atoms. The standard InChI is InChI=1S/C26H24ClN3O3S/c1-3-13-33-25(32)23-17(2)29-26-30(24(23)20-11-7-8-12-21(20)27)19(16-34-26)14-22(31)28-15-18-9-5-4-6-10-18/h3-12,16,24H,1,13-15H2,2H3,(H,28,31)/t24-/m1/s1. The molecule has 6 nitrogen and oxygen atoms in total. The number of amidine groups is 1. The third-order valence-corrected chi connectivity index (χ3v) is 6.66. The molecule has 1 N–H and O–H groups in total. The quantitative estimate of drug-likeness (QED) is 0.396. The maximum atomic E-state index is 13.1. The Morgan fingerprint density at radius 1 is 1.21 bits per heavy atom. The molecule has 0 fully saturated rings. The number of rotatable bonds is 8. The summed E-state index contributed by atoms with van der Waals surface area (Å²) in [5.41, 5.74) is 3.43. The van der Waals surface area contributed by atoms with E-state index in [-0.39, 0.29) is 18.9 Å². The van der Waals surface area contributed by atoms with Crippen molar-refractivity contribution in [1.29, 1.82) is 0 Å². The Balaban J connectivity index is 1.62. The number of nitrogens with zero attached hydrogens (tertiary/aromatic N) is 2. The summed E-state index contributed by atoms with van der Waals surface area (Å²) >= 11 is 8.00. The Bertz CT molecular complexity index is 1210. The van der Waals surface area contributed by atoms with Gasteiger partial charge in [-0.25, -0.2) is 9.79 Å². The maximum Gasteiger partial charge on any atom is 0.338 e. The first-order chi connectivity index (χ1) is 16.5. The monoisotopic (exact) mass is 493 g/mol. The Morgan fingerprint density at radius 3 is 2.68 bits per heavy atom. The Kier molecular flexibility index (Phi) is 7.55. The summed E-state index contributed by atoms with van der Waals surface area (Å²) in [5.74, 6) is -0.619. The fourth-order valence-electron chi connectivity index (χ4n) is 3.86. The first-order valence-electron chi connectivity index (χ1n) is 10.8. The van der Waals surface area contributed by atoms with Crippen molar-refractivity contribution in [1.82, 2.24) is 10.2 Å². The average Bonchev–Trinajstić information content (AvgIpc) is 3.23. The van der Waals surface area contributed by atoms with E-state index in [2.05, 4.69) is 16.9 Å². The van der Waals surface area contributed by atoms with Crippen molar-refractivity contribution in [3.05, 3.63) is 106 Å². The van der Waals surface area contributed by atoms with Crippen LogP contribution < -0.4 is 5.32 Å². The summed E-state index contributed by atoms with van der Waals surface area (Å²) < 4.78 is 5.39. The van der Waals surface area contributed by atoms with Gasteiger partial charge in [0, 0.05) is 17.3 Å². The predicted molar refractivity (Wildman–Crippen MR) is 136 cm³/mol. The van der Waals surface area contributed by atoms with Gasteiger partial charge in [0.25, 0.3) is 0 Å². The maximum absolute atomic E-state index is 13.1. The highest BCUT2D eigenvalue weighted by molar-refractivity contribution is 8.16. The molecule has 2 heterocycles. The van der Waals surface area contributed by atoms with E-state index < -0.39 is 12.0 Å². The van der Waals surface area contributed by atoms with Crippen LogP contribution in [0.25, 0.3) is 0 Å². The van der Waals surface area contributed by atoms with E-state index in [1.165, 1.54) is 17.8 Å². The zero-order valence-corrected chi connectivity index (χ0v) is 20.2. The number of thioether (sulfide) groups is 1. The van der Waals surface area contributed by atoms with Gasteiger partial charge in [0.05, 0.1) is 23.7 Å². The van der Waals surface area contributed by atoms with Crippen molar-refractivity contribution >= 4 is 40.4 Å². The average molecular weight is 494 g/mol. The minimum Gasteiger partial charge on any atom is -0.458 e. The molecule has 2 aliphatic heterocycles. The highest BCUT2D eigenvalue weighted by atomic mass is 35.5. The third-order valence-electron chi connectivity index (χ3n) is 5.43. The zero-order valence-electron chi connectivity index (χ0n) is 18.7. The largest absolute Gasteiger partial charge is 0.458 e. The molecule has 1 atom stereocenters. The van der Waals surface area contributed by atoms with E-state index in [0.29, 0.717) is 28.0 Å². The van der Waals surface area contributed by atoms with Gasteiger partial charge in [0.1, 0.15) is 6.61 Å². The van der Waals surface area contributed by atoms with E-state index >= 15 is 0 Å². The summed E-state index contributed by atoms with van der Waals surface area (Å²) in [7, 11) is 0. The van der Waals surface area contributed by atoms with Crippen LogP contribution in [0.4, 0.5) is 0 Å². The first kappa shape index (κ1) is 23.9. The number of allylic oxidation sites excluding steroid dienone is 1. The van der Waals surface area contributed by atoms with Crippen LogP contribution in [-0.4, -0.2) is 28.6 Å². The van der Waals surface area contributed by atoms with Crippen LogP contribution in [0.5, 0.6) is 0 Å². The number of amides is 1. The molecule has 0 saturated carbocycles. The molecule has 0 radical (unpaired) electrons. The number of nitrogens with one attached hydrogen (secondary N) is 1. The molecule has 0 saturated heterocycles. The van der Waals surface area contributed by atoms with Gasteiger partial charge in [0.2, 0.25) is 5.91 Å². The van der Waals surface area contributed by atoms with Crippen LogP contribution in [0, 0.1) is 0 Å². The lowest BCUT2D eigenvalue weighted by atomic mass is 9.93. The number of ether oxygens (including phenoxy) is 1. The van der Waals surface area contributed by atoms with Crippen molar-refractivity contribution in [2.24, 2.45) is 4.99 Å². The lowest BCUT2D eigenvalue weighted by molar-refractivity contribution is -0.138. The van der Waals surface area contributed by atoms with Crippen molar-refractivity contribution < 1.29 is 14.3 Å². The molecule has 174 valence electrons. The summed E-state index contributed by atoms with van der Waals surface area (Å²) in [6, 6.07) is 16.5. The van der Waals surface area contributed by atoms with Crippen molar-refractivity contribution in [3.8, 4) is 0 Å². The number of fused-ring (bicyclic) bond motifs is 1. The highest BCUT2D eigenvalue weighted by Crippen LogP contribution is 2.46. The third kappa shape index (κ3) is 5.11. The smallest absolute Gasteiger partial charge is 0.338 e. The molecule has 8 heteroatoms. The van der Waals surface area contributed by atoms with Crippen molar-refractivity contribution in [2.75, 3.05) is 6.61 Å². The number of carbonyl (C=O) groups is 2. The minimum absolute atomic E-state index is 0.0841. The summed E-state index contributed by atoms with van der Waals surface area (Å²) in [6.45, 7) is 5.92. The van der Waals surface area contributed by atoms with Crippen LogP contribution in [0.1, 0.15) is 30.5 Å². The number of halogens is 1. The van der Waals surface area contributed by atoms with E-state index in [4.69, 9.17) is 16.3 Å². The van der Waals surface area contributed by atoms with Crippen molar-refractivity contribution in [3.63, 3.8) is 0 Å². The van der Waals surface area contributed by atoms with Crippen LogP contribution in [0.3, 0.4) is 0 Å².